The van der Waals surface area contributed by atoms with Crippen molar-refractivity contribution in [1.82, 2.24) is 0 Å². The molecular formula is C12H15ClN2OS. The van der Waals surface area contributed by atoms with Gasteiger partial charge in [0, 0.05) is 12.3 Å². The first-order valence-corrected chi connectivity index (χ1v) is 6.34. The van der Waals surface area contributed by atoms with Crippen LogP contribution in [0, 0.1) is 0 Å². The van der Waals surface area contributed by atoms with Crippen LogP contribution in [0.4, 0.5) is 5.69 Å². The Morgan fingerprint density at radius 1 is 1.59 bits per heavy atom. The minimum Gasteiger partial charge on any atom is -0.389 e. The monoisotopic (exact) mass is 270 g/mol. The van der Waals surface area contributed by atoms with Gasteiger partial charge in [0.15, 0.2) is 0 Å². The quantitative estimate of drug-likeness (QED) is 0.829. The zero-order chi connectivity index (χ0) is 12.4. The maximum atomic E-state index is 6.11. The van der Waals surface area contributed by atoms with E-state index in [0.29, 0.717) is 15.6 Å². The first-order valence-electron chi connectivity index (χ1n) is 5.56. The first-order chi connectivity index (χ1) is 8.09. The van der Waals surface area contributed by atoms with Crippen molar-refractivity contribution in [1.29, 1.82) is 0 Å². The summed E-state index contributed by atoms with van der Waals surface area (Å²) in [4.78, 5) is 0.310. The molecule has 17 heavy (non-hydrogen) atoms. The van der Waals surface area contributed by atoms with Gasteiger partial charge in [0.05, 0.1) is 22.7 Å². The standard InChI is InChI=1S/C12H15ClN2OS/c1-7-9(5-6-16-7)15-10-4-2-3-8(13)11(10)12(14)17/h2-4,7,9,15H,5-6H2,1H3,(H2,14,17). The molecule has 0 radical (unpaired) electrons. The Labute approximate surface area is 111 Å². The van der Waals surface area contributed by atoms with E-state index in [9.17, 15) is 0 Å². The number of anilines is 1. The van der Waals surface area contributed by atoms with Gasteiger partial charge >= 0.3 is 0 Å². The van der Waals surface area contributed by atoms with Crippen molar-refractivity contribution in [3.63, 3.8) is 0 Å². The summed E-state index contributed by atoms with van der Waals surface area (Å²) in [6, 6.07) is 5.88. The van der Waals surface area contributed by atoms with Crippen molar-refractivity contribution in [2.45, 2.75) is 25.5 Å². The summed E-state index contributed by atoms with van der Waals surface area (Å²) in [7, 11) is 0. The number of hydrogen-bond donors (Lipinski definition) is 2. The lowest BCUT2D eigenvalue weighted by Gasteiger charge is -2.20. The highest BCUT2D eigenvalue weighted by Gasteiger charge is 2.25. The van der Waals surface area contributed by atoms with E-state index >= 15 is 0 Å². The first kappa shape index (κ1) is 12.6. The number of ether oxygens (including phenoxy) is 1. The van der Waals surface area contributed by atoms with Crippen LogP contribution in [0.1, 0.15) is 18.9 Å². The minimum atomic E-state index is 0.188. The van der Waals surface area contributed by atoms with Crippen molar-refractivity contribution in [2.75, 3.05) is 11.9 Å². The van der Waals surface area contributed by atoms with Gasteiger partial charge in [-0.05, 0) is 25.5 Å². The normalized spacial score (nSPS) is 23.6. The Bertz CT molecular complexity index is 439. The summed E-state index contributed by atoms with van der Waals surface area (Å²) in [6.45, 7) is 2.83. The van der Waals surface area contributed by atoms with E-state index in [1.807, 2.05) is 12.1 Å². The van der Waals surface area contributed by atoms with E-state index < -0.39 is 0 Å². The van der Waals surface area contributed by atoms with Gasteiger partial charge in [-0.15, -0.1) is 0 Å². The Kier molecular flexibility index (Phi) is 3.86. The highest BCUT2D eigenvalue weighted by atomic mass is 35.5. The lowest BCUT2D eigenvalue weighted by atomic mass is 10.1. The summed E-state index contributed by atoms with van der Waals surface area (Å²) in [5, 5.41) is 3.98. The van der Waals surface area contributed by atoms with Gasteiger partial charge in [0.1, 0.15) is 4.99 Å². The van der Waals surface area contributed by atoms with Crippen molar-refractivity contribution >= 4 is 34.5 Å². The molecule has 1 aromatic carbocycles. The fraction of sp³-hybridized carbons (Fsp3) is 0.417. The van der Waals surface area contributed by atoms with Crippen molar-refractivity contribution in [3.05, 3.63) is 28.8 Å². The number of halogens is 1. The van der Waals surface area contributed by atoms with E-state index in [4.69, 9.17) is 34.3 Å². The van der Waals surface area contributed by atoms with E-state index in [2.05, 4.69) is 12.2 Å². The third-order valence-corrected chi connectivity index (χ3v) is 3.50. The second-order valence-corrected chi connectivity index (χ2v) is 4.99. The van der Waals surface area contributed by atoms with Gasteiger partial charge in [0.2, 0.25) is 0 Å². The molecule has 2 rings (SSSR count). The fourth-order valence-corrected chi connectivity index (χ4v) is 2.57. The highest BCUT2D eigenvalue weighted by Crippen LogP contribution is 2.27. The van der Waals surface area contributed by atoms with Crippen molar-refractivity contribution < 1.29 is 4.74 Å². The molecule has 0 saturated carbocycles. The van der Waals surface area contributed by atoms with Gasteiger partial charge in [-0.25, -0.2) is 0 Å². The molecule has 0 aliphatic carbocycles. The van der Waals surface area contributed by atoms with E-state index in [0.717, 1.165) is 18.7 Å². The van der Waals surface area contributed by atoms with Crippen LogP contribution in [0.25, 0.3) is 0 Å². The third-order valence-electron chi connectivity index (χ3n) is 2.98. The number of nitrogens with two attached hydrogens (primary N) is 1. The van der Waals surface area contributed by atoms with E-state index in [1.165, 1.54) is 0 Å². The average molecular weight is 271 g/mol. The summed E-state index contributed by atoms with van der Waals surface area (Å²) >= 11 is 11.1. The van der Waals surface area contributed by atoms with E-state index in [1.54, 1.807) is 6.07 Å². The van der Waals surface area contributed by atoms with Crippen LogP contribution in [0.3, 0.4) is 0 Å². The zero-order valence-corrected chi connectivity index (χ0v) is 11.1. The van der Waals surface area contributed by atoms with Crippen molar-refractivity contribution in [2.24, 2.45) is 5.73 Å². The van der Waals surface area contributed by atoms with Crippen LogP contribution in [0.2, 0.25) is 5.02 Å². The summed E-state index contributed by atoms with van der Waals surface area (Å²) in [6.07, 6.45) is 1.16. The second kappa shape index (κ2) is 5.21. The summed E-state index contributed by atoms with van der Waals surface area (Å²) in [5.74, 6) is 0. The molecule has 1 aliphatic heterocycles. The van der Waals surface area contributed by atoms with Crippen LogP contribution in [-0.4, -0.2) is 23.7 Å². The number of thiocarbonyl (C=S) groups is 1. The van der Waals surface area contributed by atoms with E-state index in [-0.39, 0.29) is 12.1 Å². The van der Waals surface area contributed by atoms with Gasteiger partial charge in [0.25, 0.3) is 0 Å². The predicted octanol–water partition coefficient (Wildman–Crippen LogP) is 2.56. The molecule has 1 fully saturated rings. The Morgan fingerprint density at radius 3 is 2.94 bits per heavy atom. The molecule has 1 aliphatic rings. The molecule has 92 valence electrons. The molecule has 2 atom stereocenters. The maximum Gasteiger partial charge on any atom is 0.107 e. The molecule has 0 spiro atoms. The maximum absolute atomic E-state index is 6.11. The van der Waals surface area contributed by atoms with Crippen LogP contribution in [0.15, 0.2) is 18.2 Å². The lowest BCUT2D eigenvalue weighted by Crippen LogP contribution is -2.28. The number of hydrogen-bond acceptors (Lipinski definition) is 3. The second-order valence-electron chi connectivity index (χ2n) is 4.14. The largest absolute Gasteiger partial charge is 0.389 e. The molecule has 3 N–H and O–H groups in total. The Balaban J connectivity index is 2.26. The van der Waals surface area contributed by atoms with Crippen LogP contribution >= 0.6 is 23.8 Å². The molecule has 1 saturated heterocycles. The average Bonchev–Trinajstić information content (AvgIpc) is 2.64. The third kappa shape index (κ3) is 2.70. The predicted molar refractivity (Wildman–Crippen MR) is 74.8 cm³/mol. The number of benzene rings is 1. The Hall–Kier alpha value is -0.840. The molecule has 1 heterocycles. The highest BCUT2D eigenvalue weighted by molar-refractivity contribution is 7.80. The minimum absolute atomic E-state index is 0.188. The number of rotatable bonds is 3. The molecular weight excluding hydrogens is 256 g/mol. The molecule has 0 aromatic heterocycles. The van der Waals surface area contributed by atoms with Crippen LogP contribution in [0.5, 0.6) is 0 Å². The molecule has 0 bridgehead atoms. The SMILES string of the molecule is CC1OCCC1Nc1cccc(Cl)c1C(N)=S. The number of nitrogens with one attached hydrogen (secondary N) is 1. The Morgan fingerprint density at radius 2 is 2.35 bits per heavy atom. The van der Waals surface area contributed by atoms with Crippen LogP contribution < -0.4 is 11.1 Å². The molecule has 5 heteroatoms. The van der Waals surface area contributed by atoms with Gasteiger partial charge in [-0.1, -0.05) is 29.9 Å². The molecule has 0 amide bonds. The van der Waals surface area contributed by atoms with Gasteiger partial charge in [-0.3, -0.25) is 0 Å². The lowest BCUT2D eigenvalue weighted by molar-refractivity contribution is 0.121. The summed E-state index contributed by atoms with van der Waals surface area (Å²) in [5.41, 5.74) is 7.29. The van der Waals surface area contributed by atoms with Crippen molar-refractivity contribution in [3.8, 4) is 0 Å². The fourth-order valence-electron chi connectivity index (χ4n) is 2.02. The van der Waals surface area contributed by atoms with Gasteiger partial charge < -0.3 is 15.8 Å². The zero-order valence-electron chi connectivity index (χ0n) is 9.57. The molecule has 3 nitrogen and oxygen atoms in total. The van der Waals surface area contributed by atoms with Crippen LogP contribution in [-0.2, 0) is 4.74 Å². The topological polar surface area (TPSA) is 47.3 Å². The smallest absolute Gasteiger partial charge is 0.107 e. The molecule has 2 unspecified atom stereocenters. The molecule has 1 aromatic rings. The summed E-state index contributed by atoms with van der Waals surface area (Å²) < 4.78 is 5.51. The van der Waals surface area contributed by atoms with Gasteiger partial charge in [-0.2, -0.15) is 0 Å².